The van der Waals surface area contributed by atoms with Crippen molar-refractivity contribution in [1.29, 1.82) is 0 Å². The van der Waals surface area contributed by atoms with Gasteiger partial charge in [-0.25, -0.2) is 0 Å². The summed E-state index contributed by atoms with van der Waals surface area (Å²) in [6.45, 7) is 4.49. The van der Waals surface area contributed by atoms with Crippen LogP contribution in [-0.2, 0) is 0 Å². The first kappa shape index (κ1) is 10.0. The van der Waals surface area contributed by atoms with Gasteiger partial charge in [-0.3, -0.25) is 0 Å². The molecule has 0 amide bonds. The zero-order chi connectivity index (χ0) is 10.1. The summed E-state index contributed by atoms with van der Waals surface area (Å²) < 4.78 is 0. The minimum atomic E-state index is 0.587. The van der Waals surface area contributed by atoms with Crippen LogP contribution >= 0.6 is 11.6 Å². The quantitative estimate of drug-likeness (QED) is 0.659. The molecule has 2 rings (SSSR count). The summed E-state index contributed by atoms with van der Waals surface area (Å²) in [4.78, 5) is 0. The molecule has 0 aliphatic heterocycles. The van der Waals surface area contributed by atoms with Gasteiger partial charge in [0, 0.05) is 5.02 Å². The van der Waals surface area contributed by atoms with E-state index in [1.54, 1.807) is 0 Å². The average Bonchev–Trinajstić information content (AvgIpc) is 2.04. The van der Waals surface area contributed by atoms with Crippen molar-refractivity contribution in [2.75, 3.05) is 0 Å². The second kappa shape index (κ2) is 3.94. The molecule has 1 fully saturated rings. The van der Waals surface area contributed by atoms with E-state index in [-0.39, 0.29) is 0 Å². The molecule has 0 saturated heterocycles. The Morgan fingerprint density at radius 2 is 2.00 bits per heavy atom. The maximum atomic E-state index is 6.28. The minimum absolute atomic E-state index is 0.587. The fourth-order valence-electron chi connectivity index (χ4n) is 2.18. The van der Waals surface area contributed by atoms with Crippen LogP contribution in [-0.4, -0.2) is 0 Å². The van der Waals surface area contributed by atoms with Crippen LogP contribution in [0.25, 0.3) is 0 Å². The molecule has 0 aromatic heterocycles. The molecule has 0 heterocycles. The second-order valence-electron chi connectivity index (χ2n) is 4.53. The Hall–Kier alpha value is -0.490. The lowest BCUT2D eigenvalue weighted by Crippen LogP contribution is -2.12. The summed E-state index contributed by atoms with van der Waals surface area (Å²) >= 11 is 6.28. The fraction of sp³-hybridized carbons (Fsp3) is 0.538. The molecule has 1 heteroatoms. The zero-order valence-corrected chi connectivity index (χ0v) is 9.64. The van der Waals surface area contributed by atoms with Gasteiger partial charge >= 0.3 is 0 Å². The Balaban J connectivity index is 2.42. The highest BCUT2D eigenvalue weighted by atomic mass is 35.5. The molecule has 0 bridgehead atoms. The molecular formula is C13H17Cl. The molecule has 1 aliphatic rings. The Kier molecular flexibility index (Phi) is 2.83. The van der Waals surface area contributed by atoms with Gasteiger partial charge < -0.3 is 0 Å². The lowest BCUT2D eigenvalue weighted by atomic mass is 9.76. The van der Waals surface area contributed by atoms with E-state index in [1.807, 2.05) is 6.07 Å². The molecule has 14 heavy (non-hydrogen) atoms. The van der Waals surface area contributed by atoms with Crippen molar-refractivity contribution in [1.82, 2.24) is 0 Å². The number of benzene rings is 1. The molecule has 1 aromatic rings. The van der Waals surface area contributed by atoms with E-state index in [2.05, 4.69) is 26.0 Å². The maximum absolute atomic E-state index is 6.28. The van der Waals surface area contributed by atoms with Gasteiger partial charge in [-0.1, -0.05) is 44.0 Å². The highest BCUT2D eigenvalue weighted by Gasteiger charge is 2.24. The summed E-state index contributed by atoms with van der Waals surface area (Å²) in [7, 11) is 0. The van der Waals surface area contributed by atoms with E-state index in [1.165, 1.54) is 30.4 Å². The van der Waals surface area contributed by atoms with Crippen molar-refractivity contribution in [3.05, 3.63) is 34.3 Å². The lowest BCUT2D eigenvalue weighted by molar-refractivity contribution is 0.416. The first-order chi connectivity index (χ1) is 6.70. The lowest BCUT2D eigenvalue weighted by Gasteiger charge is -2.29. The Morgan fingerprint density at radius 1 is 1.29 bits per heavy atom. The molecule has 0 radical (unpaired) electrons. The third kappa shape index (κ3) is 1.68. The van der Waals surface area contributed by atoms with Crippen LogP contribution in [0.4, 0.5) is 0 Å². The highest BCUT2D eigenvalue weighted by Crippen LogP contribution is 2.43. The first-order valence-electron chi connectivity index (χ1n) is 5.48. The molecule has 0 spiro atoms. The van der Waals surface area contributed by atoms with Gasteiger partial charge in [0.15, 0.2) is 0 Å². The fourth-order valence-corrected chi connectivity index (χ4v) is 2.52. The largest absolute Gasteiger partial charge is 0.0840 e. The van der Waals surface area contributed by atoms with Crippen LogP contribution in [0.5, 0.6) is 0 Å². The number of hydrogen-bond acceptors (Lipinski definition) is 0. The van der Waals surface area contributed by atoms with Gasteiger partial charge in [0.05, 0.1) is 0 Å². The van der Waals surface area contributed by atoms with Crippen molar-refractivity contribution in [3.63, 3.8) is 0 Å². The monoisotopic (exact) mass is 208 g/mol. The van der Waals surface area contributed by atoms with Crippen molar-refractivity contribution in [2.24, 2.45) is 0 Å². The summed E-state index contributed by atoms with van der Waals surface area (Å²) in [6.07, 6.45) is 4.01. The molecule has 0 N–H and O–H groups in total. The summed E-state index contributed by atoms with van der Waals surface area (Å²) in [5, 5.41) is 0.973. The van der Waals surface area contributed by atoms with E-state index in [9.17, 15) is 0 Å². The standard InChI is InChI=1S/C13H17Cl/c1-9(2)11-7-4-8-12(14)13(11)10-5-3-6-10/h4,7-10H,3,5-6H2,1-2H3. The Bertz CT molecular complexity index is 324. The minimum Gasteiger partial charge on any atom is -0.0840 e. The molecule has 0 atom stereocenters. The van der Waals surface area contributed by atoms with Gasteiger partial charge in [0.25, 0.3) is 0 Å². The van der Waals surface area contributed by atoms with Crippen LogP contribution in [0.3, 0.4) is 0 Å². The predicted molar refractivity (Wildman–Crippen MR) is 62.1 cm³/mol. The van der Waals surface area contributed by atoms with Gasteiger partial charge in [0.1, 0.15) is 0 Å². The van der Waals surface area contributed by atoms with E-state index < -0.39 is 0 Å². The third-order valence-electron chi connectivity index (χ3n) is 3.22. The number of hydrogen-bond donors (Lipinski definition) is 0. The molecular weight excluding hydrogens is 192 g/mol. The van der Waals surface area contributed by atoms with Gasteiger partial charge in [-0.2, -0.15) is 0 Å². The van der Waals surface area contributed by atoms with Crippen molar-refractivity contribution in [3.8, 4) is 0 Å². The molecule has 1 saturated carbocycles. The molecule has 1 aliphatic carbocycles. The van der Waals surface area contributed by atoms with E-state index in [0.29, 0.717) is 5.92 Å². The topological polar surface area (TPSA) is 0 Å². The van der Waals surface area contributed by atoms with Crippen molar-refractivity contribution < 1.29 is 0 Å². The van der Waals surface area contributed by atoms with Gasteiger partial charge in [-0.05, 0) is 41.9 Å². The second-order valence-corrected chi connectivity index (χ2v) is 4.93. The normalized spacial score (nSPS) is 17.1. The summed E-state index contributed by atoms with van der Waals surface area (Å²) in [5.41, 5.74) is 2.87. The van der Waals surface area contributed by atoms with Crippen LogP contribution in [0.15, 0.2) is 18.2 Å². The smallest absolute Gasteiger partial charge is 0.0443 e. The average molecular weight is 209 g/mol. The Morgan fingerprint density at radius 3 is 2.50 bits per heavy atom. The van der Waals surface area contributed by atoms with Crippen molar-refractivity contribution in [2.45, 2.75) is 44.9 Å². The van der Waals surface area contributed by atoms with Crippen LogP contribution in [0, 0.1) is 0 Å². The van der Waals surface area contributed by atoms with E-state index in [0.717, 1.165) is 10.9 Å². The van der Waals surface area contributed by atoms with Crippen LogP contribution in [0.1, 0.15) is 56.1 Å². The zero-order valence-electron chi connectivity index (χ0n) is 8.89. The Labute approximate surface area is 91.3 Å². The predicted octanol–water partition coefficient (Wildman–Crippen LogP) is 4.73. The summed E-state index contributed by atoms with van der Waals surface area (Å²) in [5.74, 6) is 1.32. The summed E-state index contributed by atoms with van der Waals surface area (Å²) in [6, 6.07) is 6.32. The first-order valence-corrected chi connectivity index (χ1v) is 5.86. The maximum Gasteiger partial charge on any atom is 0.0443 e. The van der Waals surface area contributed by atoms with Crippen LogP contribution in [0.2, 0.25) is 5.02 Å². The van der Waals surface area contributed by atoms with E-state index in [4.69, 9.17) is 11.6 Å². The molecule has 1 aromatic carbocycles. The van der Waals surface area contributed by atoms with Crippen LogP contribution < -0.4 is 0 Å². The molecule has 0 unspecified atom stereocenters. The van der Waals surface area contributed by atoms with Crippen molar-refractivity contribution >= 4 is 11.6 Å². The SMILES string of the molecule is CC(C)c1cccc(Cl)c1C1CCC1. The number of rotatable bonds is 2. The van der Waals surface area contributed by atoms with Gasteiger partial charge in [0.2, 0.25) is 0 Å². The van der Waals surface area contributed by atoms with Gasteiger partial charge in [-0.15, -0.1) is 0 Å². The third-order valence-corrected chi connectivity index (χ3v) is 3.55. The highest BCUT2D eigenvalue weighted by molar-refractivity contribution is 6.31. The number of halogens is 1. The van der Waals surface area contributed by atoms with E-state index >= 15 is 0 Å². The molecule has 76 valence electrons. The molecule has 0 nitrogen and oxygen atoms in total.